The third kappa shape index (κ3) is 3.24. The van der Waals surface area contributed by atoms with Crippen molar-refractivity contribution in [2.24, 2.45) is 0 Å². The van der Waals surface area contributed by atoms with E-state index in [1.807, 2.05) is 30.3 Å². The molecule has 3 heterocycles. The molecule has 0 amide bonds. The average molecular weight is 387 g/mol. The summed E-state index contributed by atoms with van der Waals surface area (Å²) in [6, 6.07) is 13.8. The second-order valence-electron chi connectivity index (χ2n) is 7.30. The Morgan fingerprint density at radius 1 is 1.07 bits per heavy atom. The molecular formula is C22H21N5O2. The molecule has 0 unspecified atom stereocenters. The second-order valence-corrected chi connectivity index (χ2v) is 7.30. The van der Waals surface area contributed by atoms with Crippen LogP contribution in [0, 0.1) is 6.92 Å². The van der Waals surface area contributed by atoms with Crippen molar-refractivity contribution in [2.45, 2.75) is 19.8 Å². The zero-order valence-electron chi connectivity index (χ0n) is 16.1. The van der Waals surface area contributed by atoms with E-state index in [2.05, 4.69) is 39.1 Å². The van der Waals surface area contributed by atoms with Crippen molar-refractivity contribution < 1.29 is 4.52 Å². The molecule has 1 saturated heterocycles. The normalized spacial score (nSPS) is 13.9. The molecule has 5 rings (SSSR count). The van der Waals surface area contributed by atoms with Crippen molar-refractivity contribution in [3.05, 3.63) is 70.9 Å². The number of H-pyrrole nitrogens is 1. The maximum atomic E-state index is 11.9. The highest BCUT2D eigenvalue weighted by atomic mass is 16.5. The van der Waals surface area contributed by atoms with Crippen LogP contribution in [0.5, 0.6) is 0 Å². The van der Waals surface area contributed by atoms with Crippen molar-refractivity contribution in [3.63, 3.8) is 0 Å². The van der Waals surface area contributed by atoms with Gasteiger partial charge in [-0.2, -0.15) is 4.98 Å². The molecule has 1 fully saturated rings. The van der Waals surface area contributed by atoms with Gasteiger partial charge in [0.15, 0.2) is 0 Å². The fourth-order valence-corrected chi connectivity index (χ4v) is 3.82. The summed E-state index contributed by atoms with van der Waals surface area (Å²) in [5, 5.41) is 4.19. The molecule has 0 bridgehead atoms. The first-order valence-corrected chi connectivity index (χ1v) is 9.75. The molecule has 0 aliphatic carbocycles. The van der Waals surface area contributed by atoms with Gasteiger partial charge in [-0.3, -0.25) is 4.57 Å². The van der Waals surface area contributed by atoms with Gasteiger partial charge in [-0.15, -0.1) is 0 Å². The Morgan fingerprint density at radius 2 is 1.93 bits per heavy atom. The first-order chi connectivity index (χ1) is 14.2. The molecule has 7 nitrogen and oxygen atoms in total. The molecule has 1 aliphatic heterocycles. The van der Waals surface area contributed by atoms with E-state index in [-0.39, 0.29) is 5.69 Å². The van der Waals surface area contributed by atoms with Crippen LogP contribution in [0.1, 0.15) is 18.4 Å². The van der Waals surface area contributed by atoms with Crippen molar-refractivity contribution in [1.29, 1.82) is 0 Å². The van der Waals surface area contributed by atoms with Gasteiger partial charge in [0.25, 0.3) is 5.89 Å². The van der Waals surface area contributed by atoms with Crippen molar-refractivity contribution >= 4 is 5.69 Å². The number of rotatable bonds is 4. The number of aryl methyl sites for hydroxylation is 1. The summed E-state index contributed by atoms with van der Waals surface area (Å²) in [5.41, 5.74) is 4.73. The first-order valence-electron chi connectivity index (χ1n) is 9.75. The molecule has 0 spiro atoms. The van der Waals surface area contributed by atoms with E-state index >= 15 is 0 Å². The van der Waals surface area contributed by atoms with Crippen molar-refractivity contribution in [1.82, 2.24) is 19.7 Å². The summed E-state index contributed by atoms with van der Waals surface area (Å²) in [5.74, 6) is 0.985. The van der Waals surface area contributed by atoms with Crippen LogP contribution < -0.4 is 10.6 Å². The molecule has 0 radical (unpaired) electrons. The van der Waals surface area contributed by atoms with E-state index < -0.39 is 0 Å². The SMILES string of the molecule is Cc1ccc(-c2noc(-c3cccc(-n4cc[nH]c4=O)c3)n2)cc1N1CCCC1. The van der Waals surface area contributed by atoms with Gasteiger partial charge in [0.1, 0.15) is 0 Å². The predicted molar refractivity (Wildman–Crippen MR) is 111 cm³/mol. The Hall–Kier alpha value is -3.61. The van der Waals surface area contributed by atoms with Gasteiger partial charge in [0.2, 0.25) is 5.82 Å². The van der Waals surface area contributed by atoms with E-state index in [9.17, 15) is 4.79 Å². The van der Waals surface area contributed by atoms with E-state index in [1.165, 1.54) is 28.7 Å². The third-order valence-electron chi connectivity index (χ3n) is 5.36. The van der Waals surface area contributed by atoms with Gasteiger partial charge in [-0.25, -0.2) is 4.79 Å². The van der Waals surface area contributed by atoms with Crippen LogP contribution in [0.25, 0.3) is 28.5 Å². The van der Waals surface area contributed by atoms with Gasteiger partial charge >= 0.3 is 5.69 Å². The highest BCUT2D eigenvalue weighted by Crippen LogP contribution is 2.30. The topological polar surface area (TPSA) is 80.0 Å². The molecule has 2 aromatic carbocycles. The Balaban J connectivity index is 1.48. The van der Waals surface area contributed by atoms with Crippen LogP contribution in [0.4, 0.5) is 5.69 Å². The Kier molecular flexibility index (Phi) is 4.27. The van der Waals surface area contributed by atoms with Crippen LogP contribution >= 0.6 is 0 Å². The molecule has 1 N–H and O–H groups in total. The molecule has 1 aliphatic rings. The van der Waals surface area contributed by atoms with Crippen LogP contribution in [0.2, 0.25) is 0 Å². The van der Waals surface area contributed by atoms with Gasteiger partial charge in [0.05, 0.1) is 5.69 Å². The zero-order valence-corrected chi connectivity index (χ0v) is 16.1. The van der Waals surface area contributed by atoms with E-state index in [0.29, 0.717) is 11.7 Å². The van der Waals surface area contributed by atoms with Crippen LogP contribution in [-0.4, -0.2) is 32.8 Å². The van der Waals surface area contributed by atoms with E-state index in [1.54, 1.807) is 12.4 Å². The van der Waals surface area contributed by atoms with E-state index in [4.69, 9.17) is 4.52 Å². The largest absolute Gasteiger partial charge is 0.371 e. The predicted octanol–water partition coefficient (Wildman–Crippen LogP) is 3.79. The lowest BCUT2D eigenvalue weighted by atomic mass is 10.1. The zero-order chi connectivity index (χ0) is 19.8. The maximum Gasteiger partial charge on any atom is 0.330 e. The number of aromatic amines is 1. The lowest BCUT2D eigenvalue weighted by Gasteiger charge is -2.20. The number of anilines is 1. The Morgan fingerprint density at radius 3 is 2.72 bits per heavy atom. The van der Waals surface area contributed by atoms with Crippen LogP contribution in [-0.2, 0) is 0 Å². The summed E-state index contributed by atoms with van der Waals surface area (Å²) in [4.78, 5) is 21.5. The minimum absolute atomic E-state index is 0.192. The third-order valence-corrected chi connectivity index (χ3v) is 5.36. The van der Waals surface area contributed by atoms with Gasteiger partial charge in [-0.05, 0) is 49.6 Å². The molecule has 146 valence electrons. The average Bonchev–Trinajstić information content (AvgIpc) is 3.50. The lowest BCUT2D eigenvalue weighted by molar-refractivity contribution is 0.432. The monoisotopic (exact) mass is 387 g/mol. The van der Waals surface area contributed by atoms with Crippen LogP contribution in [0.15, 0.2) is 64.2 Å². The lowest BCUT2D eigenvalue weighted by Crippen LogP contribution is -2.18. The van der Waals surface area contributed by atoms with Crippen molar-refractivity contribution in [3.8, 4) is 28.5 Å². The Labute approximate surface area is 167 Å². The second kappa shape index (κ2) is 7.09. The van der Waals surface area contributed by atoms with E-state index in [0.717, 1.165) is 29.9 Å². The summed E-state index contributed by atoms with van der Waals surface area (Å²) in [6.45, 7) is 4.31. The number of nitrogens with one attached hydrogen (secondary N) is 1. The summed E-state index contributed by atoms with van der Waals surface area (Å²) >= 11 is 0. The summed E-state index contributed by atoms with van der Waals surface area (Å²) < 4.78 is 7.06. The van der Waals surface area contributed by atoms with Gasteiger partial charge in [-0.1, -0.05) is 23.4 Å². The van der Waals surface area contributed by atoms with Gasteiger partial charge in [0, 0.05) is 42.3 Å². The molecule has 29 heavy (non-hydrogen) atoms. The number of aromatic nitrogens is 4. The summed E-state index contributed by atoms with van der Waals surface area (Å²) in [7, 11) is 0. The van der Waals surface area contributed by atoms with Gasteiger partial charge < -0.3 is 14.4 Å². The number of hydrogen-bond donors (Lipinski definition) is 1. The molecule has 0 atom stereocenters. The fraction of sp³-hybridized carbons (Fsp3) is 0.227. The molecule has 2 aromatic heterocycles. The highest BCUT2D eigenvalue weighted by molar-refractivity contribution is 5.68. The fourth-order valence-electron chi connectivity index (χ4n) is 3.82. The first kappa shape index (κ1) is 17.5. The number of hydrogen-bond acceptors (Lipinski definition) is 5. The number of nitrogens with zero attached hydrogens (tertiary/aromatic N) is 4. The minimum Gasteiger partial charge on any atom is -0.371 e. The molecule has 0 saturated carbocycles. The highest BCUT2D eigenvalue weighted by Gasteiger charge is 2.17. The summed E-state index contributed by atoms with van der Waals surface area (Å²) in [6.07, 6.45) is 5.76. The Bertz CT molecular complexity index is 1210. The smallest absolute Gasteiger partial charge is 0.330 e. The number of imidazole rings is 1. The molecular weight excluding hydrogens is 366 g/mol. The van der Waals surface area contributed by atoms with Crippen molar-refractivity contribution in [2.75, 3.05) is 18.0 Å². The number of benzene rings is 2. The van der Waals surface area contributed by atoms with Crippen LogP contribution in [0.3, 0.4) is 0 Å². The quantitative estimate of drug-likeness (QED) is 0.576. The minimum atomic E-state index is -0.192. The molecule has 4 aromatic rings. The standard InChI is InChI=1S/C22H21N5O2/c1-15-7-8-16(14-19(15)26-10-2-3-11-26)20-24-21(29-25-20)17-5-4-6-18(13-17)27-12-9-23-22(27)28/h4-9,12-14H,2-3,10-11H2,1H3,(H,23,28). The maximum absolute atomic E-state index is 11.9. The molecule has 7 heteroatoms.